The van der Waals surface area contributed by atoms with Crippen LogP contribution in [0.4, 0.5) is 0 Å². The molecule has 0 radical (unpaired) electrons. The molecule has 80 valence electrons. The molecule has 0 bridgehead atoms. The van der Waals surface area contributed by atoms with Gasteiger partial charge in [-0.25, -0.2) is 0 Å². The third kappa shape index (κ3) is 2.37. The van der Waals surface area contributed by atoms with Gasteiger partial charge in [0, 0.05) is 6.04 Å². The minimum absolute atomic E-state index is 0.0990. The molecule has 0 aromatic heterocycles. The largest absolute Gasteiger partial charge is 0.391 e. The molecule has 0 aromatic rings. The SMILES string of the molecule is O[C@@H]1CCC=CCC[C@@H]1N1CCCC1. The molecule has 1 aliphatic carbocycles. The predicted octanol–water partition coefficient (Wildman–Crippen LogP) is 1.94. The molecule has 2 aliphatic rings. The molecule has 1 saturated heterocycles. The van der Waals surface area contributed by atoms with Crippen LogP contribution in [0.5, 0.6) is 0 Å². The molecule has 1 aliphatic heterocycles. The van der Waals surface area contributed by atoms with Crippen LogP contribution in [-0.4, -0.2) is 35.2 Å². The van der Waals surface area contributed by atoms with Crippen molar-refractivity contribution in [3.8, 4) is 0 Å². The van der Waals surface area contributed by atoms with Crippen LogP contribution in [0.3, 0.4) is 0 Å². The molecular weight excluding hydrogens is 174 g/mol. The summed E-state index contributed by atoms with van der Waals surface area (Å²) in [7, 11) is 0. The van der Waals surface area contributed by atoms with Gasteiger partial charge in [0.15, 0.2) is 0 Å². The van der Waals surface area contributed by atoms with E-state index in [0.717, 1.165) is 25.7 Å². The van der Waals surface area contributed by atoms with Gasteiger partial charge in [0.1, 0.15) is 0 Å². The van der Waals surface area contributed by atoms with Crippen LogP contribution in [0, 0.1) is 0 Å². The van der Waals surface area contributed by atoms with E-state index in [1.165, 1.54) is 25.9 Å². The lowest BCUT2D eigenvalue weighted by Gasteiger charge is -2.32. The van der Waals surface area contributed by atoms with E-state index in [0.29, 0.717) is 6.04 Å². The first-order chi connectivity index (χ1) is 6.88. The molecule has 0 amide bonds. The molecule has 14 heavy (non-hydrogen) atoms. The predicted molar refractivity (Wildman–Crippen MR) is 58.2 cm³/mol. The Kier molecular flexibility index (Phi) is 3.60. The Bertz CT molecular complexity index is 196. The summed E-state index contributed by atoms with van der Waals surface area (Å²) in [4.78, 5) is 2.49. The summed E-state index contributed by atoms with van der Waals surface area (Å²) in [6.07, 6.45) is 11.3. The molecule has 2 heteroatoms. The van der Waals surface area contributed by atoms with E-state index in [4.69, 9.17) is 0 Å². The van der Waals surface area contributed by atoms with Crippen molar-refractivity contribution < 1.29 is 5.11 Å². The highest BCUT2D eigenvalue weighted by Crippen LogP contribution is 2.22. The van der Waals surface area contributed by atoms with Gasteiger partial charge in [0.2, 0.25) is 0 Å². The van der Waals surface area contributed by atoms with E-state index < -0.39 is 0 Å². The Labute approximate surface area is 86.6 Å². The van der Waals surface area contributed by atoms with Crippen molar-refractivity contribution in [2.45, 2.75) is 50.7 Å². The molecule has 1 N–H and O–H groups in total. The summed E-state index contributed by atoms with van der Waals surface area (Å²) < 4.78 is 0. The molecule has 0 unspecified atom stereocenters. The lowest BCUT2D eigenvalue weighted by Crippen LogP contribution is -2.42. The molecule has 0 spiro atoms. The van der Waals surface area contributed by atoms with Gasteiger partial charge in [-0.2, -0.15) is 0 Å². The summed E-state index contributed by atoms with van der Waals surface area (Å²) in [6.45, 7) is 2.40. The van der Waals surface area contributed by atoms with Crippen LogP contribution in [0.25, 0.3) is 0 Å². The number of aliphatic hydroxyl groups is 1. The zero-order chi connectivity index (χ0) is 9.80. The molecular formula is C12H21NO. The first-order valence-electron chi connectivity index (χ1n) is 5.95. The molecule has 2 atom stereocenters. The van der Waals surface area contributed by atoms with Crippen molar-refractivity contribution >= 4 is 0 Å². The standard InChI is InChI=1S/C12H21NO/c14-12-8-4-2-1-3-7-11(12)13-9-5-6-10-13/h1-2,11-12,14H,3-10H2/t11-,12+/m0/s1. The van der Waals surface area contributed by atoms with Crippen LogP contribution >= 0.6 is 0 Å². The van der Waals surface area contributed by atoms with Gasteiger partial charge in [0.05, 0.1) is 6.10 Å². The fourth-order valence-corrected chi connectivity index (χ4v) is 2.65. The Hall–Kier alpha value is -0.340. The third-order valence-corrected chi connectivity index (χ3v) is 3.48. The minimum Gasteiger partial charge on any atom is -0.391 e. The summed E-state index contributed by atoms with van der Waals surface area (Å²) in [5, 5.41) is 10.1. The first-order valence-corrected chi connectivity index (χ1v) is 5.95. The van der Waals surface area contributed by atoms with Crippen molar-refractivity contribution in [3.63, 3.8) is 0 Å². The second-order valence-electron chi connectivity index (χ2n) is 4.50. The zero-order valence-corrected chi connectivity index (χ0v) is 8.86. The molecule has 0 aromatic carbocycles. The molecule has 0 saturated carbocycles. The fraction of sp³-hybridized carbons (Fsp3) is 0.833. The number of allylic oxidation sites excluding steroid dienone is 2. The molecule has 2 rings (SSSR count). The van der Waals surface area contributed by atoms with Gasteiger partial charge in [-0.1, -0.05) is 12.2 Å². The van der Waals surface area contributed by atoms with E-state index in [-0.39, 0.29) is 6.10 Å². The van der Waals surface area contributed by atoms with E-state index in [1.807, 2.05) is 0 Å². The Morgan fingerprint density at radius 2 is 1.64 bits per heavy atom. The number of aliphatic hydroxyl groups excluding tert-OH is 1. The van der Waals surface area contributed by atoms with Crippen molar-refractivity contribution in [1.29, 1.82) is 0 Å². The average Bonchev–Trinajstić information content (AvgIpc) is 2.65. The Balaban J connectivity index is 1.95. The second kappa shape index (κ2) is 4.94. The van der Waals surface area contributed by atoms with Crippen molar-refractivity contribution in [3.05, 3.63) is 12.2 Å². The van der Waals surface area contributed by atoms with E-state index in [2.05, 4.69) is 17.1 Å². The smallest absolute Gasteiger partial charge is 0.0698 e. The average molecular weight is 195 g/mol. The van der Waals surface area contributed by atoms with Gasteiger partial charge in [-0.15, -0.1) is 0 Å². The second-order valence-corrected chi connectivity index (χ2v) is 4.50. The summed E-state index contributed by atoms with van der Waals surface area (Å²) in [5.41, 5.74) is 0. The highest BCUT2D eigenvalue weighted by molar-refractivity contribution is 4.92. The third-order valence-electron chi connectivity index (χ3n) is 3.48. The maximum absolute atomic E-state index is 10.1. The number of hydrogen-bond acceptors (Lipinski definition) is 2. The topological polar surface area (TPSA) is 23.5 Å². The van der Waals surface area contributed by atoms with Crippen LogP contribution in [0.15, 0.2) is 12.2 Å². The van der Waals surface area contributed by atoms with Crippen LogP contribution in [-0.2, 0) is 0 Å². The van der Waals surface area contributed by atoms with Gasteiger partial charge in [0.25, 0.3) is 0 Å². The number of nitrogens with zero attached hydrogens (tertiary/aromatic N) is 1. The number of rotatable bonds is 1. The quantitative estimate of drug-likeness (QED) is 0.646. The number of hydrogen-bond donors (Lipinski definition) is 1. The van der Waals surface area contributed by atoms with E-state index in [9.17, 15) is 5.11 Å². The highest BCUT2D eigenvalue weighted by Gasteiger charge is 2.27. The molecule has 1 fully saturated rings. The van der Waals surface area contributed by atoms with E-state index >= 15 is 0 Å². The van der Waals surface area contributed by atoms with Crippen molar-refractivity contribution in [1.82, 2.24) is 4.90 Å². The summed E-state index contributed by atoms with van der Waals surface area (Å²) >= 11 is 0. The van der Waals surface area contributed by atoms with Crippen molar-refractivity contribution in [2.24, 2.45) is 0 Å². The number of likely N-dealkylation sites (tertiary alicyclic amines) is 1. The normalized spacial score (nSPS) is 35.5. The lowest BCUT2D eigenvalue weighted by molar-refractivity contribution is 0.0510. The monoisotopic (exact) mass is 195 g/mol. The Morgan fingerprint density at radius 3 is 2.36 bits per heavy atom. The highest BCUT2D eigenvalue weighted by atomic mass is 16.3. The van der Waals surface area contributed by atoms with Gasteiger partial charge in [-0.3, -0.25) is 4.90 Å². The molecule has 1 heterocycles. The first kappa shape index (κ1) is 10.2. The lowest BCUT2D eigenvalue weighted by atomic mass is 9.97. The van der Waals surface area contributed by atoms with E-state index in [1.54, 1.807) is 0 Å². The summed E-state index contributed by atoms with van der Waals surface area (Å²) in [5.74, 6) is 0. The van der Waals surface area contributed by atoms with Crippen molar-refractivity contribution in [2.75, 3.05) is 13.1 Å². The van der Waals surface area contributed by atoms with Crippen LogP contribution in [0.1, 0.15) is 38.5 Å². The minimum atomic E-state index is -0.0990. The van der Waals surface area contributed by atoms with Crippen LogP contribution in [0.2, 0.25) is 0 Å². The summed E-state index contributed by atoms with van der Waals surface area (Å²) in [6, 6.07) is 0.433. The maximum Gasteiger partial charge on any atom is 0.0698 e. The molecule has 2 nitrogen and oxygen atoms in total. The maximum atomic E-state index is 10.1. The Morgan fingerprint density at radius 1 is 1.00 bits per heavy atom. The zero-order valence-electron chi connectivity index (χ0n) is 8.86. The van der Waals surface area contributed by atoms with Gasteiger partial charge in [-0.05, 0) is 51.6 Å². The van der Waals surface area contributed by atoms with Gasteiger partial charge < -0.3 is 5.11 Å². The fourth-order valence-electron chi connectivity index (χ4n) is 2.65. The van der Waals surface area contributed by atoms with Gasteiger partial charge >= 0.3 is 0 Å². The van der Waals surface area contributed by atoms with Crippen LogP contribution < -0.4 is 0 Å².